The minimum Gasteiger partial charge on any atom is -0.383 e. The first kappa shape index (κ1) is 21.9. The van der Waals surface area contributed by atoms with Crippen LogP contribution >= 0.6 is 11.6 Å². The molecule has 9 heteroatoms. The topological polar surface area (TPSA) is 85.8 Å². The standard InChI is InChI=1S/C24H23ClFN5OS/c1-14-18(25)7-4-8-21(14)33(32)30-20-10-9-15(11-19(20)26)17-12-31(16-5-2-3-6-16)24-22(17)23(27)28-13-29-24/h4,7-13,16,30H,2-3,5-6H2,1H3,(H2,27,28,29). The van der Waals surface area contributed by atoms with Crippen LogP contribution in [-0.2, 0) is 11.0 Å². The van der Waals surface area contributed by atoms with Gasteiger partial charge in [0.1, 0.15) is 23.6 Å². The van der Waals surface area contributed by atoms with Gasteiger partial charge in [-0.2, -0.15) is 0 Å². The highest BCUT2D eigenvalue weighted by Gasteiger charge is 2.23. The monoisotopic (exact) mass is 483 g/mol. The molecule has 3 N–H and O–H groups in total. The summed E-state index contributed by atoms with van der Waals surface area (Å²) < 4.78 is 32.8. The molecule has 0 saturated heterocycles. The summed E-state index contributed by atoms with van der Waals surface area (Å²) in [5.74, 6) is -0.149. The van der Waals surface area contributed by atoms with Crippen molar-refractivity contribution in [2.45, 2.75) is 43.5 Å². The molecule has 0 radical (unpaired) electrons. The molecular weight excluding hydrogens is 461 g/mol. The van der Waals surface area contributed by atoms with Crippen molar-refractivity contribution in [2.75, 3.05) is 10.5 Å². The minimum absolute atomic E-state index is 0.139. The van der Waals surface area contributed by atoms with Crippen molar-refractivity contribution in [1.29, 1.82) is 0 Å². The van der Waals surface area contributed by atoms with E-state index in [2.05, 4.69) is 19.3 Å². The minimum atomic E-state index is -1.66. The van der Waals surface area contributed by atoms with Crippen molar-refractivity contribution in [3.05, 3.63) is 65.3 Å². The van der Waals surface area contributed by atoms with Crippen LogP contribution in [0.4, 0.5) is 15.9 Å². The molecule has 5 rings (SSSR count). The molecule has 0 spiro atoms. The highest BCUT2D eigenvalue weighted by Crippen LogP contribution is 2.39. The molecule has 1 aliphatic rings. The van der Waals surface area contributed by atoms with E-state index in [1.807, 2.05) is 6.20 Å². The summed E-state index contributed by atoms with van der Waals surface area (Å²) >= 11 is 6.13. The van der Waals surface area contributed by atoms with E-state index < -0.39 is 16.8 Å². The third kappa shape index (κ3) is 3.98. The van der Waals surface area contributed by atoms with Gasteiger partial charge in [-0.15, -0.1) is 0 Å². The predicted octanol–water partition coefficient (Wildman–Crippen LogP) is 6.03. The van der Waals surface area contributed by atoms with Gasteiger partial charge < -0.3 is 10.3 Å². The van der Waals surface area contributed by atoms with Crippen LogP contribution < -0.4 is 10.5 Å². The van der Waals surface area contributed by atoms with E-state index in [0.29, 0.717) is 32.9 Å². The second-order valence-electron chi connectivity index (χ2n) is 8.27. The Morgan fingerprint density at radius 3 is 2.76 bits per heavy atom. The van der Waals surface area contributed by atoms with Gasteiger partial charge >= 0.3 is 0 Å². The fraction of sp³-hybridized carbons (Fsp3) is 0.250. The Hall–Kier alpha value is -2.97. The van der Waals surface area contributed by atoms with E-state index in [1.165, 1.54) is 25.2 Å². The summed E-state index contributed by atoms with van der Waals surface area (Å²) in [6.07, 6.45) is 7.99. The Labute approximate surface area is 198 Å². The number of hydrogen-bond acceptors (Lipinski definition) is 4. The molecule has 1 aliphatic carbocycles. The van der Waals surface area contributed by atoms with Crippen molar-refractivity contribution >= 4 is 45.1 Å². The van der Waals surface area contributed by atoms with Crippen LogP contribution in [0, 0.1) is 12.7 Å². The van der Waals surface area contributed by atoms with Crippen LogP contribution in [0.2, 0.25) is 5.02 Å². The molecular formula is C24H23ClFN5OS. The summed E-state index contributed by atoms with van der Waals surface area (Å²) in [6, 6.07) is 10.3. The van der Waals surface area contributed by atoms with Gasteiger partial charge in [0.05, 0.1) is 16.0 Å². The van der Waals surface area contributed by atoms with E-state index in [4.69, 9.17) is 17.3 Å². The lowest BCUT2D eigenvalue weighted by Gasteiger charge is -2.12. The van der Waals surface area contributed by atoms with Crippen LogP contribution in [0.15, 0.2) is 53.8 Å². The lowest BCUT2D eigenvalue weighted by atomic mass is 10.1. The van der Waals surface area contributed by atoms with Gasteiger partial charge in [-0.1, -0.05) is 36.6 Å². The zero-order valence-corrected chi connectivity index (χ0v) is 19.6. The molecule has 0 amide bonds. The molecule has 1 saturated carbocycles. The molecule has 6 nitrogen and oxygen atoms in total. The smallest absolute Gasteiger partial charge is 0.150 e. The number of nitrogens with two attached hydrogens (primary N) is 1. The molecule has 1 unspecified atom stereocenters. The maximum Gasteiger partial charge on any atom is 0.150 e. The molecule has 0 bridgehead atoms. The first-order valence-corrected chi connectivity index (χ1v) is 12.3. The predicted molar refractivity (Wildman–Crippen MR) is 131 cm³/mol. The normalized spacial score (nSPS) is 15.2. The number of halogens is 2. The number of aromatic nitrogens is 3. The zero-order valence-electron chi connectivity index (χ0n) is 18.0. The Bertz CT molecular complexity index is 1380. The molecule has 2 heterocycles. The number of nitrogens with zero attached hydrogens (tertiary/aromatic N) is 3. The fourth-order valence-electron chi connectivity index (χ4n) is 4.50. The number of anilines is 2. The fourth-order valence-corrected chi connectivity index (χ4v) is 5.79. The summed E-state index contributed by atoms with van der Waals surface area (Å²) in [7, 11) is -1.66. The first-order valence-electron chi connectivity index (χ1n) is 10.8. The van der Waals surface area contributed by atoms with Crippen LogP contribution in [0.5, 0.6) is 0 Å². The number of nitrogen functional groups attached to an aromatic ring is 1. The average Bonchev–Trinajstić information content (AvgIpc) is 3.45. The second kappa shape index (κ2) is 8.76. The number of hydrogen-bond donors (Lipinski definition) is 2. The highest BCUT2D eigenvalue weighted by molar-refractivity contribution is 7.86. The Balaban J connectivity index is 1.51. The van der Waals surface area contributed by atoms with Gasteiger partial charge in [-0.25, -0.2) is 18.6 Å². The number of rotatable bonds is 5. The summed E-state index contributed by atoms with van der Waals surface area (Å²) in [4.78, 5) is 9.14. The molecule has 0 aliphatic heterocycles. The van der Waals surface area contributed by atoms with Crippen LogP contribution in [0.3, 0.4) is 0 Å². The molecule has 2 aromatic heterocycles. The Morgan fingerprint density at radius 2 is 2.00 bits per heavy atom. The average molecular weight is 484 g/mol. The van der Waals surface area contributed by atoms with Gasteiger partial charge in [-0.05, 0) is 55.2 Å². The van der Waals surface area contributed by atoms with Crippen molar-refractivity contribution in [2.24, 2.45) is 0 Å². The van der Waals surface area contributed by atoms with E-state index >= 15 is 4.39 Å². The SMILES string of the molecule is Cc1c(Cl)cccc1S(=O)Nc1ccc(-c2cn(C3CCCC3)c3ncnc(N)c23)cc1F. The molecule has 4 aromatic rings. The summed E-state index contributed by atoms with van der Waals surface area (Å²) in [6.45, 7) is 1.78. The maximum atomic E-state index is 15.1. The lowest BCUT2D eigenvalue weighted by molar-refractivity contribution is 0.532. The molecule has 2 aromatic carbocycles. The largest absolute Gasteiger partial charge is 0.383 e. The van der Waals surface area contributed by atoms with Gasteiger partial charge in [0, 0.05) is 22.8 Å². The van der Waals surface area contributed by atoms with Crippen molar-refractivity contribution in [3.8, 4) is 11.1 Å². The van der Waals surface area contributed by atoms with E-state index in [1.54, 1.807) is 37.3 Å². The quantitative estimate of drug-likeness (QED) is 0.363. The maximum absolute atomic E-state index is 15.1. The first-order chi connectivity index (χ1) is 15.9. The highest BCUT2D eigenvalue weighted by atomic mass is 35.5. The Morgan fingerprint density at radius 1 is 1.21 bits per heavy atom. The summed E-state index contributed by atoms with van der Waals surface area (Å²) in [5.41, 5.74) is 9.25. The van der Waals surface area contributed by atoms with Crippen LogP contribution in [0.25, 0.3) is 22.2 Å². The number of nitrogens with one attached hydrogen (secondary N) is 1. The third-order valence-electron chi connectivity index (χ3n) is 6.26. The number of benzene rings is 2. The van der Waals surface area contributed by atoms with Crippen molar-refractivity contribution in [1.82, 2.24) is 14.5 Å². The van der Waals surface area contributed by atoms with Gasteiger partial charge in [-0.3, -0.25) is 4.72 Å². The van der Waals surface area contributed by atoms with Gasteiger partial charge in [0.15, 0.2) is 11.0 Å². The lowest BCUT2D eigenvalue weighted by Crippen LogP contribution is -2.08. The zero-order chi connectivity index (χ0) is 23.1. The molecule has 170 valence electrons. The van der Waals surface area contributed by atoms with Crippen LogP contribution in [0.1, 0.15) is 37.3 Å². The second-order valence-corrected chi connectivity index (χ2v) is 9.86. The molecule has 1 fully saturated rings. The van der Waals surface area contributed by atoms with Crippen molar-refractivity contribution in [3.63, 3.8) is 0 Å². The van der Waals surface area contributed by atoms with Gasteiger partial charge in [0.2, 0.25) is 0 Å². The van der Waals surface area contributed by atoms with Gasteiger partial charge in [0.25, 0.3) is 0 Å². The van der Waals surface area contributed by atoms with E-state index in [0.717, 1.165) is 29.4 Å². The van der Waals surface area contributed by atoms with Crippen LogP contribution in [-0.4, -0.2) is 18.7 Å². The number of fused-ring (bicyclic) bond motifs is 1. The third-order valence-corrected chi connectivity index (χ3v) is 7.91. The summed E-state index contributed by atoms with van der Waals surface area (Å²) in [5, 5.41) is 1.24. The van der Waals surface area contributed by atoms with E-state index in [-0.39, 0.29) is 5.69 Å². The Kier molecular flexibility index (Phi) is 5.80. The van der Waals surface area contributed by atoms with Crippen molar-refractivity contribution < 1.29 is 8.60 Å². The molecule has 33 heavy (non-hydrogen) atoms. The molecule has 1 atom stereocenters. The van der Waals surface area contributed by atoms with E-state index in [9.17, 15) is 4.21 Å².